The van der Waals surface area contributed by atoms with Gasteiger partial charge in [0.05, 0.1) is 16.2 Å². The molecule has 3 aromatic rings. The van der Waals surface area contributed by atoms with Gasteiger partial charge >= 0.3 is 0 Å². The summed E-state index contributed by atoms with van der Waals surface area (Å²) in [5.74, 6) is 0.00262. The summed E-state index contributed by atoms with van der Waals surface area (Å²) in [6.45, 7) is 0. The van der Waals surface area contributed by atoms with Gasteiger partial charge in [-0.2, -0.15) is 5.10 Å². The molecule has 1 aliphatic rings. The molecule has 0 unspecified atom stereocenters. The van der Waals surface area contributed by atoms with Crippen LogP contribution in [0.3, 0.4) is 0 Å². The lowest BCUT2D eigenvalue weighted by atomic mass is 10.1. The molecular formula is C25H21N3O3. The number of nitro benzene ring substituents is 1. The second-order valence-corrected chi connectivity index (χ2v) is 7.35. The van der Waals surface area contributed by atoms with E-state index in [0.29, 0.717) is 11.3 Å². The SMILES string of the molecule is O=C(N/N=C(\C=C\c1ccccc1[N+](=O)[O-])c1ccccc1)[C@H]1C[C@H]1c1ccccc1. The van der Waals surface area contributed by atoms with Gasteiger partial charge in [-0.25, -0.2) is 5.43 Å². The van der Waals surface area contributed by atoms with Crippen LogP contribution in [0.4, 0.5) is 5.69 Å². The maximum Gasteiger partial charge on any atom is 0.276 e. The third-order valence-electron chi connectivity index (χ3n) is 5.27. The van der Waals surface area contributed by atoms with E-state index in [2.05, 4.69) is 10.5 Å². The number of hydrogen-bond donors (Lipinski definition) is 1. The minimum absolute atomic E-state index is 0.0129. The van der Waals surface area contributed by atoms with Crippen LogP contribution in [0.25, 0.3) is 6.08 Å². The second kappa shape index (κ2) is 9.17. The normalized spacial score (nSPS) is 18.0. The zero-order valence-corrected chi connectivity index (χ0v) is 16.7. The number of rotatable bonds is 7. The molecule has 3 aromatic carbocycles. The summed E-state index contributed by atoms with van der Waals surface area (Å²) in [7, 11) is 0. The molecule has 0 bridgehead atoms. The molecule has 0 aromatic heterocycles. The second-order valence-electron chi connectivity index (χ2n) is 7.35. The van der Waals surface area contributed by atoms with Crippen LogP contribution in [0.15, 0.2) is 96.1 Å². The third-order valence-corrected chi connectivity index (χ3v) is 5.27. The zero-order valence-electron chi connectivity index (χ0n) is 16.7. The molecule has 1 N–H and O–H groups in total. The Morgan fingerprint density at radius 1 is 0.968 bits per heavy atom. The molecule has 6 nitrogen and oxygen atoms in total. The van der Waals surface area contributed by atoms with Crippen molar-refractivity contribution in [3.8, 4) is 0 Å². The van der Waals surface area contributed by atoms with Crippen molar-refractivity contribution in [2.24, 2.45) is 11.0 Å². The highest BCUT2D eigenvalue weighted by Crippen LogP contribution is 2.47. The van der Waals surface area contributed by atoms with E-state index in [9.17, 15) is 14.9 Å². The number of para-hydroxylation sites is 1. The van der Waals surface area contributed by atoms with Crippen LogP contribution in [0.2, 0.25) is 0 Å². The standard InChI is InChI=1S/C25H21N3O3/c29-25(22-17-21(22)18-9-3-1-4-10-18)27-26-23(19-11-5-2-6-12-19)16-15-20-13-7-8-14-24(20)28(30)31/h1-16,21-22H,17H2,(H,27,29)/b16-15+,26-23+/t21-,22-/m0/s1. The predicted octanol–water partition coefficient (Wildman–Crippen LogP) is 4.93. The first-order chi connectivity index (χ1) is 15.1. The van der Waals surface area contributed by atoms with E-state index in [0.717, 1.165) is 17.5 Å². The van der Waals surface area contributed by atoms with E-state index in [1.807, 2.05) is 60.7 Å². The number of hydrogen-bond acceptors (Lipinski definition) is 4. The van der Waals surface area contributed by atoms with Crippen molar-refractivity contribution in [1.29, 1.82) is 0 Å². The van der Waals surface area contributed by atoms with Crippen molar-refractivity contribution < 1.29 is 9.72 Å². The van der Waals surface area contributed by atoms with Crippen LogP contribution in [-0.2, 0) is 4.79 Å². The van der Waals surface area contributed by atoms with E-state index in [1.165, 1.54) is 6.07 Å². The van der Waals surface area contributed by atoms with Gasteiger partial charge in [0.25, 0.3) is 5.69 Å². The summed E-state index contributed by atoms with van der Waals surface area (Å²) in [5.41, 5.74) is 5.64. The molecule has 1 aliphatic carbocycles. The Hall–Kier alpha value is -4.06. The molecule has 6 heteroatoms. The monoisotopic (exact) mass is 411 g/mol. The van der Waals surface area contributed by atoms with Crippen molar-refractivity contribution in [2.45, 2.75) is 12.3 Å². The molecule has 1 fully saturated rings. The van der Waals surface area contributed by atoms with Crippen molar-refractivity contribution in [1.82, 2.24) is 5.43 Å². The van der Waals surface area contributed by atoms with E-state index in [4.69, 9.17) is 0 Å². The molecule has 0 aliphatic heterocycles. The van der Waals surface area contributed by atoms with Crippen molar-refractivity contribution in [3.05, 3.63) is 118 Å². The fraction of sp³-hybridized carbons (Fsp3) is 0.120. The number of benzene rings is 3. The maximum absolute atomic E-state index is 12.6. The Morgan fingerprint density at radius 2 is 1.61 bits per heavy atom. The first-order valence-corrected chi connectivity index (χ1v) is 10.0. The lowest BCUT2D eigenvalue weighted by molar-refractivity contribution is -0.385. The quantitative estimate of drug-likeness (QED) is 0.340. The Bertz CT molecular complexity index is 1140. The molecule has 154 valence electrons. The summed E-state index contributed by atoms with van der Waals surface area (Å²) in [4.78, 5) is 23.5. The van der Waals surface area contributed by atoms with Gasteiger partial charge in [-0.05, 0) is 36.1 Å². The first-order valence-electron chi connectivity index (χ1n) is 10.0. The van der Waals surface area contributed by atoms with Gasteiger partial charge in [0.1, 0.15) is 0 Å². The first kappa shape index (κ1) is 20.2. The molecule has 2 atom stereocenters. The smallest absolute Gasteiger partial charge is 0.273 e. The number of nitrogens with zero attached hydrogens (tertiary/aromatic N) is 2. The average molecular weight is 411 g/mol. The van der Waals surface area contributed by atoms with Crippen LogP contribution in [0.1, 0.15) is 29.0 Å². The number of nitro groups is 1. The molecule has 1 saturated carbocycles. The molecular weight excluding hydrogens is 390 g/mol. The number of nitrogens with one attached hydrogen (secondary N) is 1. The van der Waals surface area contributed by atoms with E-state index in [1.54, 1.807) is 30.4 Å². The number of hydrazone groups is 1. The summed E-state index contributed by atoms with van der Waals surface area (Å²) in [5, 5.41) is 15.6. The number of carbonyl (C=O) groups excluding carboxylic acids is 1. The predicted molar refractivity (Wildman–Crippen MR) is 121 cm³/mol. The lowest BCUT2D eigenvalue weighted by Crippen LogP contribution is -2.21. The summed E-state index contributed by atoms with van der Waals surface area (Å²) >= 11 is 0. The van der Waals surface area contributed by atoms with Crippen LogP contribution in [0, 0.1) is 16.0 Å². The lowest BCUT2D eigenvalue weighted by Gasteiger charge is -2.04. The van der Waals surface area contributed by atoms with Crippen molar-refractivity contribution in [3.63, 3.8) is 0 Å². The molecule has 1 amide bonds. The molecule has 0 spiro atoms. The van der Waals surface area contributed by atoms with Crippen molar-refractivity contribution in [2.75, 3.05) is 0 Å². The largest absolute Gasteiger partial charge is 0.276 e. The Balaban J connectivity index is 1.53. The maximum atomic E-state index is 12.6. The molecule has 0 saturated heterocycles. The minimum Gasteiger partial charge on any atom is -0.273 e. The Labute approximate surface area is 180 Å². The van der Waals surface area contributed by atoms with Gasteiger partial charge < -0.3 is 0 Å². The topological polar surface area (TPSA) is 84.6 Å². The fourth-order valence-corrected chi connectivity index (χ4v) is 3.52. The third kappa shape index (κ3) is 4.93. The number of allylic oxidation sites excluding steroid dienone is 1. The zero-order chi connectivity index (χ0) is 21.6. The van der Waals surface area contributed by atoms with Gasteiger partial charge in [-0.3, -0.25) is 14.9 Å². The van der Waals surface area contributed by atoms with Gasteiger partial charge in [0.2, 0.25) is 5.91 Å². The highest BCUT2D eigenvalue weighted by atomic mass is 16.6. The van der Waals surface area contributed by atoms with Crippen molar-refractivity contribution >= 4 is 23.4 Å². The Kier molecular flexibility index (Phi) is 5.98. The highest BCUT2D eigenvalue weighted by Gasteiger charge is 2.43. The average Bonchev–Trinajstić information content (AvgIpc) is 3.61. The van der Waals surface area contributed by atoms with Gasteiger partial charge in [0.15, 0.2) is 0 Å². The number of carbonyl (C=O) groups is 1. The van der Waals surface area contributed by atoms with E-state index < -0.39 is 4.92 Å². The molecule has 0 radical (unpaired) electrons. The van der Waals surface area contributed by atoms with Gasteiger partial charge in [-0.15, -0.1) is 0 Å². The van der Waals surface area contributed by atoms with E-state index in [-0.39, 0.29) is 23.4 Å². The summed E-state index contributed by atoms with van der Waals surface area (Å²) in [6.07, 6.45) is 4.12. The van der Waals surface area contributed by atoms with Gasteiger partial charge in [-0.1, -0.05) is 72.8 Å². The summed E-state index contributed by atoms with van der Waals surface area (Å²) in [6, 6.07) is 25.9. The number of amides is 1. The Morgan fingerprint density at radius 3 is 2.32 bits per heavy atom. The van der Waals surface area contributed by atoms with Crippen LogP contribution >= 0.6 is 0 Å². The van der Waals surface area contributed by atoms with Crippen LogP contribution in [-0.4, -0.2) is 16.5 Å². The van der Waals surface area contributed by atoms with Gasteiger partial charge in [0, 0.05) is 17.5 Å². The van der Waals surface area contributed by atoms with E-state index >= 15 is 0 Å². The molecule has 4 rings (SSSR count). The highest BCUT2D eigenvalue weighted by molar-refractivity contribution is 6.11. The minimum atomic E-state index is -0.419. The fourth-order valence-electron chi connectivity index (χ4n) is 3.52. The van der Waals surface area contributed by atoms with Crippen LogP contribution in [0.5, 0.6) is 0 Å². The van der Waals surface area contributed by atoms with Crippen LogP contribution < -0.4 is 5.43 Å². The summed E-state index contributed by atoms with van der Waals surface area (Å²) < 4.78 is 0. The molecule has 0 heterocycles. The molecule has 31 heavy (non-hydrogen) atoms.